The van der Waals surface area contributed by atoms with Crippen molar-refractivity contribution in [2.24, 2.45) is 5.92 Å². The summed E-state index contributed by atoms with van der Waals surface area (Å²) in [5.74, 6) is -0.249. The smallest absolute Gasteiger partial charge is 0.338 e. The van der Waals surface area contributed by atoms with Crippen molar-refractivity contribution in [3.8, 4) is 0 Å². The van der Waals surface area contributed by atoms with Gasteiger partial charge >= 0.3 is 11.9 Å². The van der Waals surface area contributed by atoms with E-state index in [1.165, 1.54) is 25.7 Å². The summed E-state index contributed by atoms with van der Waals surface area (Å²) in [7, 11) is 0. The largest absolute Gasteiger partial charge is 0.462 e. The normalized spacial score (nSPS) is 11.8. The lowest BCUT2D eigenvalue weighted by Gasteiger charge is -2.14. The van der Waals surface area contributed by atoms with Crippen molar-refractivity contribution in [3.63, 3.8) is 0 Å². The van der Waals surface area contributed by atoms with Crippen molar-refractivity contribution >= 4 is 11.9 Å². The summed E-state index contributed by atoms with van der Waals surface area (Å²) in [6, 6.07) is 6.54. The molecule has 0 saturated heterocycles. The van der Waals surface area contributed by atoms with Gasteiger partial charge in [-0.3, -0.25) is 0 Å². The number of hydrogen-bond acceptors (Lipinski definition) is 4. The Morgan fingerprint density at radius 1 is 0.750 bits per heavy atom. The van der Waals surface area contributed by atoms with Gasteiger partial charge < -0.3 is 9.47 Å². The summed E-state index contributed by atoms with van der Waals surface area (Å²) >= 11 is 0. The van der Waals surface area contributed by atoms with Crippen molar-refractivity contribution in [2.75, 3.05) is 13.2 Å². The highest BCUT2D eigenvalue weighted by Crippen LogP contribution is 2.15. The van der Waals surface area contributed by atoms with Crippen LogP contribution >= 0.6 is 0 Å². The third-order valence-corrected chi connectivity index (χ3v) is 5.08. The molecule has 4 nitrogen and oxygen atoms in total. The Bertz CT molecular complexity index is 550. The molecule has 0 aliphatic heterocycles. The Kier molecular flexibility index (Phi) is 13.1. The van der Waals surface area contributed by atoms with E-state index >= 15 is 0 Å². The molecule has 0 aliphatic carbocycles. The number of hydrogen-bond donors (Lipinski definition) is 0. The number of unbranched alkanes of at least 4 members (excludes halogenated alkanes) is 6. The summed E-state index contributed by atoms with van der Waals surface area (Å²) in [4.78, 5) is 24.3. The van der Waals surface area contributed by atoms with E-state index in [1.54, 1.807) is 24.3 Å². The minimum atomic E-state index is -0.334. The molecule has 0 radical (unpaired) electrons. The first-order valence-corrected chi connectivity index (χ1v) is 11.1. The molecule has 0 N–H and O–H groups in total. The minimum absolute atomic E-state index is 0.332. The van der Waals surface area contributed by atoms with Crippen molar-refractivity contribution in [1.29, 1.82) is 0 Å². The SMILES string of the molecule is CCCCCCCCOC(=O)c1ccc(C(=O)OCC(CC)CCCC)cc1. The first-order valence-electron chi connectivity index (χ1n) is 11.1. The van der Waals surface area contributed by atoms with Crippen LogP contribution in [-0.4, -0.2) is 25.2 Å². The number of rotatable bonds is 15. The molecule has 0 fully saturated rings. The maximum atomic E-state index is 12.2. The summed E-state index contributed by atoms with van der Waals surface area (Å²) in [6.07, 6.45) is 11.3. The topological polar surface area (TPSA) is 52.6 Å². The van der Waals surface area contributed by atoms with E-state index in [2.05, 4.69) is 20.8 Å². The lowest BCUT2D eigenvalue weighted by Crippen LogP contribution is -2.14. The van der Waals surface area contributed by atoms with Crippen LogP contribution in [0.1, 0.15) is 106 Å². The zero-order valence-electron chi connectivity index (χ0n) is 18.0. The van der Waals surface area contributed by atoms with Gasteiger partial charge in [0, 0.05) is 0 Å². The molecule has 0 amide bonds. The summed E-state index contributed by atoms with van der Waals surface area (Å²) < 4.78 is 10.8. The Labute approximate surface area is 171 Å². The van der Waals surface area contributed by atoms with E-state index in [0.29, 0.717) is 30.3 Å². The average molecular weight is 391 g/mol. The lowest BCUT2D eigenvalue weighted by molar-refractivity contribution is 0.0425. The quantitative estimate of drug-likeness (QED) is 0.251. The number of ether oxygens (including phenoxy) is 2. The van der Waals surface area contributed by atoms with Crippen LogP contribution in [0.3, 0.4) is 0 Å². The highest BCUT2D eigenvalue weighted by Gasteiger charge is 2.13. The molecule has 0 aliphatic rings. The molecule has 1 unspecified atom stereocenters. The zero-order chi connectivity index (χ0) is 20.6. The predicted octanol–water partition coefficient (Wildman–Crippen LogP) is 6.58. The van der Waals surface area contributed by atoms with Crippen LogP contribution in [0.5, 0.6) is 0 Å². The van der Waals surface area contributed by atoms with Gasteiger partial charge in [-0.15, -0.1) is 0 Å². The fourth-order valence-corrected chi connectivity index (χ4v) is 3.05. The molecule has 0 spiro atoms. The number of benzene rings is 1. The first kappa shape index (κ1) is 24.2. The van der Waals surface area contributed by atoms with Crippen molar-refractivity contribution in [2.45, 2.75) is 85.0 Å². The first-order chi connectivity index (χ1) is 13.6. The van der Waals surface area contributed by atoms with Gasteiger partial charge in [0.1, 0.15) is 0 Å². The van der Waals surface area contributed by atoms with E-state index in [1.807, 2.05) is 0 Å². The zero-order valence-corrected chi connectivity index (χ0v) is 18.0. The molecule has 28 heavy (non-hydrogen) atoms. The van der Waals surface area contributed by atoms with Gasteiger partial charge in [-0.1, -0.05) is 72.1 Å². The lowest BCUT2D eigenvalue weighted by atomic mass is 10.0. The number of carbonyl (C=O) groups is 2. The third-order valence-electron chi connectivity index (χ3n) is 5.08. The van der Waals surface area contributed by atoms with E-state index in [4.69, 9.17) is 9.47 Å². The molecule has 0 aromatic heterocycles. The molecule has 158 valence electrons. The third kappa shape index (κ3) is 9.91. The Balaban J connectivity index is 2.34. The maximum Gasteiger partial charge on any atom is 0.338 e. The van der Waals surface area contributed by atoms with E-state index in [9.17, 15) is 9.59 Å². The van der Waals surface area contributed by atoms with Gasteiger partial charge in [-0.05, 0) is 43.0 Å². The molecule has 4 heteroatoms. The predicted molar refractivity (Wildman–Crippen MR) is 114 cm³/mol. The van der Waals surface area contributed by atoms with Crippen LogP contribution in [0.15, 0.2) is 24.3 Å². The average Bonchev–Trinajstić information content (AvgIpc) is 2.73. The van der Waals surface area contributed by atoms with Crippen LogP contribution in [0.4, 0.5) is 0 Å². The Hall–Kier alpha value is -1.84. The second-order valence-corrected chi connectivity index (χ2v) is 7.50. The number of carbonyl (C=O) groups excluding carboxylic acids is 2. The monoisotopic (exact) mass is 390 g/mol. The van der Waals surface area contributed by atoms with Gasteiger partial charge in [-0.2, -0.15) is 0 Å². The fourth-order valence-electron chi connectivity index (χ4n) is 3.05. The second kappa shape index (κ2) is 15.1. The highest BCUT2D eigenvalue weighted by atomic mass is 16.5. The van der Waals surface area contributed by atoms with Crippen molar-refractivity contribution in [1.82, 2.24) is 0 Å². The summed E-state index contributed by atoms with van der Waals surface area (Å²) in [5.41, 5.74) is 0.940. The van der Waals surface area contributed by atoms with Crippen LogP contribution in [-0.2, 0) is 9.47 Å². The van der Waals surface area contributed by atoms with Crippen LogP contribution in [0, 0.1) is 5.92 Å². The molecule has 1 rings (SSSR count). The van der Waals surface area contributed by atoms with Gasteiger partial charge in [0.25, 0.3) is 0 Å². The molecule has 0 heterocycles. The maximum absolute atomic E-state index is 12.2. The second-order valence-electron chi connectivity index (χ2n) is 7.50. The Morgan fingerprint density at radius 2 is 1.29 bits per heavy atom. The van der Waals surface area contributed by atoms with Gasteiger partial charge in [0.2, 0.25) is 0 Å². The van der Waals surface area contributed by atoms with Crippen LogP contribution < -0.4 is 0 Å². The molecule has 1 aromatic rings. The summed E-state index contributed by atoms with van der Waals surface area (Å²) in [5, 5.41) is 0. The van der Waals surface area contributed by atoms with Gasteiger partial charge in [0.05, 0.1) is 24.3 Å². The molecule has 0 bridgehead atoms. The molecule has 0 saturated carbocycles. The van der Waals surface area contributed by atoms with Crippen molar-refractivity contribution in [3.05, 3.63) is 35.4 Å². The van der Waals surface area contributed by atoms with Gasteiger partial charge in [-0.25, -0.2) is 9.59 Å². The minimum Gasteiger partial charge on any atom is -0.462 e. The molecular weight excluding hydrogens is 352 g/mol. The molecule has 1 aromatic carbocycles. The van der Waals surface area contributed by atoms with Crippen molar-refractivity contribution < 1.29 is 19.1 Å². The number of esters is 2. The molecule has 1 atom stereocenters. The standard InChI is InChI=1S/C24H38O4/c1-4-7-9-10-11-12-18-27-23(25)21-14-16-22(17-15-21)24(26)28-19-20(6-3)13-8-5-2/h14-17,20H,4-13,18-19H2,1-3H3. The van der Waals surface area contributed by atoms with Crippen LogP contribution in [0.25, 0.3) is 0 Å². The molecular formula is C24H38O4. The fraction of sp³-hybridized carbons (Fsp3) is 0.667. The van der Waals surface area contributed by atoms with Crippen LogP contribution in [0.2, 0.25) is 0 Å². The van der Waals surface area contributed by atoms with E-state index in [-0.39, 0.29) is 11.9 Å². The summed E-state index contributed by atoms with van der Waals surface area (Å²) in [6.45, 7) is 7.39. The van der Waals surface area contributed by atoms with E-state index in [0.717, 1.165) is 38.5 Å². The van der Waals surface area contributed by atoms with E-state index < -0.39 is 0 Å². The van der Waals surface area contributed by atoms with Gasteiger partial charge in [0.15, 0.2) is 0 Å². The Morgan fingerprint density at radius 3 is 1.86 bits per heavy atom. The highest BCUT2D eigenvalue weighted by molar-refractivity contribution is 5.93.